The van der Waals surface area contributed by atoms with Gasteiger partial charge in [0.1, 0.15) is 17.4 Å². The number of phenols is 1. The first kappa shape index (κ1) is 28.6. The van der Waals surface area contributed by atoms with E-state index in [1.165, 1.54) is 25.3 Å². The summed E-state index contributed by atoms with van der Waals surface area (Å²) in [4.78, 5) is 22.4. The molecule has 5 rings (SSSR count). The van der Waals surface area contributed by atoms with Crippen LogP contribution in [0.5, 0.6) is 28.9 Å². The fraction of sp³-hybridized carbons (Fsp3) is 0.310. The molecular weight excluding hydrogens is 550 g/mol. The first-order valence-corrected chi connectivity index (χ1v) is 13.3. The lowest BCUT2D eigenvalue weighted by Crippen LogP contribution is -2.31. The van der Waals surface area contributed by atoms with Gasteiger partial charge in [0.2, 0.25) is 11.6 Å². The van der Waals surface area contributed by atoms with Gasteiger partial charge in [-0.15, -0.1) is 0 Å². The molecule has 42 heavy (non-hydrogen) atoms. The molecule has 2 atom stereocenters. The maximum absolute atomic E-state index is 15.6. The minimum absolute atomic E-state index is 0.125. The van der Waals surface area contributed by atoms with Crippen LogP contribution in [-0.4, -0.2) is 65.9 Å². The molecule has 0 amide bonds. The molecule has 11 nitrogen and oxygen atoms in total. The summed E-state index contributed by atoms with van der Waals surface area (Å²) < 4.78 is 46.7. The van der Waals surface area contributed by atoms with Gasteiger partial charge in [-0.25, -0.2) is 9.37 Å². The Morgan fingerprint density at radius 1 is 1.17 bits per heavy atom. The van der Waals surface area contributed by atoms with Gasteiger partial charge in [0.25, 0.3) is 5.88 Å². The quantitative estimate of drug-likeness (QED) is 0.164. The van der Waals surface area contributed by atoms with Crippen LogP contribution in [-0.2, 0) is 9.53 Å². The second-order valence-corrected chi connectivity index (χ2v) is 10.0. The number of aliphatic imine (C=N–C) groups is 1. The number of hydrogen-bond acceptors (Lipinski definition) is 10. The Labute approximate surface area is 240 Å². The number of aromatic nitrogens is 1. The number of hydrogen-bond donors (Lipinski definition) is 4. The highest BCUT2D eigenvalue weighted by atomic mass is 19.1. The molecule has 1 fully saturated rings. The average Bonchev–Trinajstić information content (AvgIpc) is 3.62. The maximum Gasteiger partial charge on any atom is 0.310 e. The largest absolute Gasteiger partial charge is 0.504 e. The molecule has 5 N–H and O–H groups in total. The van der Waals surface area contributed by atoms with Gasteiger partial charge >= 0.3 is 5.97 Å². The predicted molar refractivity (Wildman–Crippen MR) is 151 cm³/mol. The summed E-state index contributed by atoms with van der Waals surface area (Å²) in [5, 5.41) is 21.1. The van der Waals surface area contributed by atoms with E-state index < -0.39 is 23.3 Å². The summed E-state index contributed by atoms with van der Waals surface area (Å²) in [7, 11) is 3.22. The fourth-order valence-corrected chi connectivity index (χ4v) is 5.06. The molecule has 220 valence electrons. The smallest absolute Gasteiger partial charge is 0.310 e. The monoisotopic (exact) mass is 580 g/mol. The van der Waals surface area contributed by atoms with Crippen LogP contribution >= 0.6 is 0 Å². The van der Waals surface area contributed by atoms with Crippen LogP contribution in [0.4, 0.5) is 14.5 Å². The molecule has 1 aliphatic heterocycles. The molecular formula is C29H30F2N6O5. The number of nitrogens with two attached hydrogens (primary N) is 1. The molecule has 13 heteroatoms. The second-order valence-electron chi connectivity index (χ2n) is 10.0. The summed E-state index contributed by atoms with van der Waals surface area (Å²) in [5.74, 6) is -4.51. The van der Waals surface area contributed by atoms with Crippen molar-refractivity contribution in [2.24, 2.45) is 16.6 Å². The Kier molecular flexibility index (Phi) is 8.09. The molecule has 3 aromatic rings. The van der Waals surface area contributed by atoms with Crippen molar-refractivity contribution in [1.82, 2.24) is 9.88 Å². The second kappa shape index (κ2) is 11.9. The number of esters is 1. The van der Waals surface area contributed by atoms with Crippen molar-refractivity contribution < 1.29 is 32.9 Å². The summed E-state index contributed by atoms with van der Waals surface area (Å²) >= 11 is 0. The number of amidine groups is 2. The van der Waals surface area contributed by atoms with Gasteiger partial charge in [0.05, 0.1) is 31.3 Å². The van der Waals surface area contributed by atoms with Gasteiger partial charge in [-0.05, 0) is 49.2 Å². The van der Waals surface area contributed by atoms with Gasteiger partial charge in [-0.2, -0.15) is 4.39 Å². The highest BCUT2D eigenvalue weighted by molar-refractivity contribution is 6.03. The third-order valence-electron chi connectivity index (χ3n) is 7.24. The SMILES string of the molecule is COC(=O)C1CCCC1Nc1ccc(Oc2c(F)cnc(Oc3cc(C(=N)N)ccc3O)c2F)c(C2=NCCN2C)c1. The molecule has 2 aliphatic rings. The number of likely N-dealkylation sites (N-methyl/N-ethyl adjacent to an activating group) is 1. The van der Waals surface area contributed by atoms with Gasteiger partial charge < -0.3 is 35.3 Å². The molecule has 0 radical (unpaired) electrons. The van der Waals surface area contributed by atoms with Crippen molar-refractivity contribution >= 4 is 23.3 Å². The van der Waals surface area contributed by atoms with Gasteiger partial charge in [-0.3, -0.25) is 15.2 Å². The molecule has 2 heterocycles. The molecule has 0 saturated heterocycles. The lowest BCUT2D eigenvalue weighted by molar-refractivity contribution is -0.145. The van der Waals surface area contributed by atoms with Gasteiger partial charge in [0, 0.05) is 30.9 Å². The number of benzene rings is 2. The topological polar surface area (TPSA) is 155 Å². The highest BCUT2D eigenvalue weighted by Crippen LogP contribution is 2.39. The summed E-state index contributed by atoms with van der Waals surface area (Å²) in [6.45, 7) is 1.19. The predicted octanol–water partition coefficient (Wildman–Crippen LogP) is 4.38. The van der Waals surface area contributed by atoms with E-state index in [9.17, 15) is 14.3 Å². The Balaban J connectivity index is 1.47. The number of phenolic OH excluding ortho intramolecular Hbond substituents is 1. The van der Waals surface area contributed by atoms with Crippen LogP contribution in [0.1, 0.15) is 30.4 Å². The van der Waals surface area contributed by atoms with E-state index in [0.717, 1.165) is 25.5 Å². The van der Waals surface area contributed by atoms with Crippen molar-refractivity contribution in [3.63, 3.8) is 0 Å². The van der Waals surface area contributed by atoms with E-state index in [0.29, 0.717) is 30.2 Å². The van der Waals surface area contributed by atoms with E-state index in [1.807, 2.05) is 11.9 Å². The van der Waals surface area contributed by atoms with Crippen molar-refractivity contribution in [3.8, 4) is 28.9 Å². The van der Waals surface area contributed by atoms with Crippen LogP contribution < -0.4 is 20.5 Å². The zero-order valence-electron chi connectivity index (χ0n) is 23.0. The number of pyridine rings is 1. The third-order valence-corrected chi connectivity index (χ3v) is 7.24. The number of nitrogens with one attached hydrogen (secondary N) is 2. The number of nitrogen functional groups attached to an aromatic ring is 1. The first-order valence-electron chi connectivity index (χ1n) is 13.3. The number of halogens is 2. The molecule has 2 aromatic carbocycles. The third kappa shape index (κ3) is 5.76. The number of methoxy groups -OCH3 is 1. The van der Waals surface area contributed by atoms with Crippen LogP contribution in [0, 0.1) is 23.0 Å². The lowest BCUT2D eigenvalue weighted by Gasteiger charge is -2.22. The number of aromatic hydroxyl groups is 1. The number of ether oxygens (including phenoxy) is 3. The Bertz CT molecular complexity index is 1570. The lowest BCUT2D eigenvalue weighted by atomic mass is 10.0. The first-order chi connectivity index (χ1) is 20.2. The summed E-state index contributed by atoms with van der Waals surface area (Å²) in [6, 6.07) is 8.74. The minimum atomic E-state index is -1.25. The molecule has 1 saturated carbocycles. The number of carbonyl (C=O) groups is 1. The summed E-state index contributed by atoms with van der Waals surface area (Å²) in [6.07, 6.45) is 3.12. The fourth-order valence-electron chi connectivity index (χ4n) is 5.06. The Morgan fingerprint density at radius 3 is 2.69 bits per heavy atom. The highest BCUT2D eigenvalue weighted by Gasteiger charge is 2.34. The van der Waals surface area contributed by atoms with Crippen molar-refractivity contribution in [1.29, 1.82) is 5.41 Å². The number of anilines is 1. The zero-order valence-corrected chi connectivity index (χ0v) is 23.0. The molecule has 1 aromatic heterocycles. The number of nitrogens with zero attached hydrogens (tertiary/aromatic N) is 3. The van der Waals surface area contributed by atoms with Crippen molar-refractivity contribution in [3.05, 3.63) is 65.4 Å². The normalized spacial score (nSPS) is 18.0. The standard InChI is InChI=1S/C29H30F2N6O5/c1-37-11-10-34-27(37)18-13-16(36-20-5-3-4-17(20)29(39)40-2)7-9-22(18)41-25-19(30)14-35-28(24(25)31)42-23-12-15(26(32)33)6-8-21(23)38/h6-9,12-14,17,20,36,38H,3-5,10-11H2,1-2H3,(H3,32,33). The van der Waals surface area contributed by atoms with Crippen molar-refractivity contribution in [2.45, 2.75) is 25.3 Å². The Morgan fingerprint density at radius 2 is 1.98 bits per heavy atom. The van der Waals surface area contributed by atoms with E-state index in [4.69, 9.17) is 25.4 Å². The zero-order chi connectivity index (χ0) is 30.0. The number of carbonyl (C=O) groups excluding carboxylic acids is 1. The van der Waals surface area contributed by atoms with E-state index >= 15 is 4.39 Å². The van der Waals surface area contributed by atoms with Gasteiger partial charge in [0.15, 0.2) is 17.3 Å². The molecule has 0 bridgehead atoms. The average molecular weight is 581 g/mol. The van der Waals surface area contributed by atoms with Crippen molar-refractivity contribution in [2.75, 3.05) is 32.6 Å². The number of rotatable bonds is 9. The van der Waals surface area contributed by atoms with E-state index in [1.54, 1.807) is 18.2 Å². The summed E-state index contributed by atoms with van der Waals surface area (Å²) in [5.41, 5.74) is 6.88. The van der Waals surface area contributed by atoms with Crippen LogP contribution in [0.3, 0.4) is 0 Å². The maximum atomic E-state index is 15.6. The molecule has 2 unspecified atom stereocenters. The van der Waals surface area contributed by atoms with Gasteiger partial charge in [-0.1, -0.05) is 6.42 Å². The Hall–Kier alpha value is -4.94. The van der Waals surface area contributed by atoms with E-state index in [-0.39, 0.29) is 46.6 Å². The van der Waals surface area contributed by atoms with Crippen LogP contribution in [0.2, 0.25) is 0 Å². The van der Waals surface area contributed by atoms with Crippen LogP contribution in [0.15, 0.2) is 47.6 Å². The minimum Gasteiger partial charge on any atom is -0.504 e. The van der Waals surface area contributed by atoms with E-state index in [2.05, 4.69) is 15.3 Å². The molecule has 0 spiro atoms. The van der Waals surface area contributed by atoms with Crippen LogP contribution in [0.25, 0.3) is 0 Å². The molecule has 1 aliphatic carbocycles.